The maximum Gasteiger partial charge on any atom is 0.227 e. The number of amides is 1. The molecule has 2 heterocycles. The van der Waals surface area contributed by atoms with Gasteiger partial charge in [0.15, 0.2) is 5.96 Å². The summed E-state index contributed by atoms with van der Waals surface area (Å²) in [6, 6.07) is 8.12. The van der Waals surface area contributed by atoms with Crippen LogP contribution in [-0.2, 0) is 17.8 Å². The van der Waals surface area contributed by atoms with E-state index >= 15 is 0 Å². The smallest absolute Gasteiger partial charge is 0.227 e. The molecule has 0 spiro atoms. The van der Waals surface area contributed by atoms with Crippen molar-refractivity contribution in [3.63, 3.8) is 0 Å². The molecule has 3 rings (SSSR count). The van der Waals surface area contributed by atoms with Crippen LogP contribution in [0.25, 0.3) is 0 Å². The van der Waals surface area contributed by atoms with Crippen LogP contribution in [0, 0.1) is 6.92 Å². The molecule has 1 fully saturated rings. The van der Waals surface area contributed by atoms with E-state index < -0.39 is 0 Å². The van der Waals surface area contributed by atoms with Gasteiger partial charge in [0.05, 0.1) is 11.6 Å². The molecule has 1 aliphatic heterocycles. The van der Waals surface area contributed by atoms with Crippen molar-refractivity contribution >= 4 is 28.9 Å². The summed E-state index contributed by atoms with van der Waals surface area (Å²) in [5, 5.41) is 7.78. The number of hydrogen-bond acceptors (Lipinski definition) is 4. The van der Waals surface area contributed by atoms with E-state index in [0.29, 0.717) is 13.0 Å². The van der Waals surface area contributed by atoms with Crippen LogP contribution in [0.3, 0.4) is 0 Å². The highest BCUT2D eigenvalue weighted by Crippen LogP contribution is 2.21. The number of nitrogens with one attached hydrogen (secondary N) is 2. The third-order valence-corrected chi connectivity index (χ3v) is 5.36. The molecule has 0 aliphatic carbocycles. The standard InChI is InChI=1S/C20H27N5OS/c1-3-21-20(22-11-10-18-23-13-15(2)27-18)24-14-16-6-8-17(9-7-16)25-12-4-5-19(25)26/h6-9,13H,3-5,10-12,14H2,1-2H3,(H2,21,22,24). The molecule has 2 N–H and O–H groups in total. The highest BCUT2D eigenvalue weighted by atomic mass is 32.1. The van der Waals surface area contributed by atoms with Crippen molar-refractivity contribution in [2.45, 2.75) is 39.7 Å². The molecular formula is C20H27N5OS. The van der Waals surface area contributed by atoms with Crippen LogP contribution in [-0.4, -0.2) is 36.5 Å². The predicted molar refractivity (Wildman–Crippen MR) is 111 cm³/mol. The van der Waals surface area contributed by atoms with Crippen LogP contribution in [0.5, 0.6) is 0 Å². The molecule has 1 aromatic heterocycles. The maximum atomic E-state index is 11.8. The number of anilines is 1. The van der Waals surface area contributed by atoms with Gasteiger partial charge in [0.25, 0.3) is 0 Å². The van der Waals surface area contributed by atoms with Gasteiger partial charge in [0.2, 0.25) is 5.91 Å². The minimum absolute atomic E-state index is 0.217. The lowest BCUT2D eigenvalue weighted by Gasteiger charge is -2.15. The number of thiazole rings is 1. The van der Waals surface area contributed by atoms with Gasteiger partial charge < -0.3 is 15.5 Å². The molecule has 0 bridgehead atoms. The molecule has 0 unspecified atom stereocenters. The van der Waals surface area contributed by atoms with Crippen molar-refractivity contribution in [3.8, 4) is 0 Å². The van der Waals surface area contributed by atoms with E-state index in [1.165, 1.54) is 4.88 Å². The minimum atomic E-state index is 0.217. The van der Waals surface area contributed by atoms with Crippen molar-refractivity contribution in [2.75, 3.05) is 24.5 Å². The fourth-order valence-electron chi connectivity index (χ4n) is 3.02. The summed E-state index contributed by atoms with van der Waals surface area (Å²) in [4.78, 5) is 24.0. The van der Waals surface area contributed by atoms with Crippen molar-refractivity contribution in [1.29, 1.82) is 0 Å². The molecule has 7 heteroatoms. The monoisotopic (exact) mass is 385 g/mol. The van der Waals surface area contributed by atoms with Gasteiger partial charge in [0, 0.05) is 49.2 Å². The number of aliphatic imine (C=N–C) groups is 1. The number of carbonyl (C=O) groups excluding carboxylic acids is 1. The summed E-state index contributed by atoms with van der Waals surface area (Å²) >= 11 is 1.74. The van der Waals surface area contributed by atoms with Crippen LogP contribution >= 0.6 is 11.3 Å². The molecule has 0 atom stereocenters. The van der Waals surface area contributed by atoms with Gasteiger partial charge in [-0.1, -0.05) is 12.1 Å². The molecule has 27 heavy (non-hydrogen) atoms. The van der Waals surface area contributed by atoms with E-state index in [9.17, 15) is 4.79 Å². The third kappa shape index (κ3) is 5.53. The average molecular weight is 386 g/mol. The number of guanidine groups is 1. The van der Waals surface area contributed by atoms with Crippen molar-refractivity contribution < 1.29 is 4.79 Å². The minimum Gasteiger partial charge on any atom is -0.357 e. The lowest BCUT2D eigenvalue weighted by molar-refractivity contribution is -0.117. The van der Waals surface area contributed by atoms with Crippen LogP contribution < -0.4 is 15.5 Å². The van der Waals surface area contributed by atoms with Crippen LogP contribution in [0.2, 0.25) is 0 Å². The normalized spacial score (nSPS) is 14.7. The van der Waals surface area contributed by atoms with Gasteiger partial charge in [-0.15, -0.1) is 11.3 Å². The van der Waals surface area contributed by atoms with Gasteiger partial charge in [-0.05, 0) is 38.0 Å². The lowest BCUT2D eigenvalue weighted by Crippen LogP contribution is -2.38. The summed E-state index contributed by atoms with van der Waals surface area (Å²) in [6.45, 7) is 7.17. The molecular weight excluding hydrogens is 358 g/mol. The Hall–Kier alpha value is -2.41. The first kappa shape index (κ1) is 19.4. The molecule has 1 saturated heterocycles. The summed E-state index contributed by atoms with van der Waals surface area (Å²) in [7, 11) is 0. The van der Waals surface area contributed by atoms with Crippen LogP contribution in [0.15, 0.2) is 35.5 Å². The quantitative estimate of drug-likeness (QED) is 0.568. The Morgan fingerprint density at radius 2 is 2.11 bits per heavy atom. The van der Waals surface area contributed by atoms with Gasteiger partial charge in [0.1, 0.15) is 0 Å². The second-order valence-electron chi connectivity index (χ2n) is 6.55. The van der Waals surface area contributed by atoms with Crippen LogP contribution in [0.4, 0.5) is 5.69 Å². The van der Waals surface area contributed by atoms with E-state index in [2.05, 4.69) is 34.5 Å². The van der Waals surface area contributed by atoms with E-state index in [0.717, 1.165) is 54.7 Å². The first-order chi connectivity index (χ1) is 13.2. The second-order valence-corrected chi connectivity index (χ2v) is 7.87. The van der Waals surface area contributed by atoms with Gasteiger partial charge >= 0.3 is 0 Å². The SMILES string of the molecule is CCNC(=NCc1ccc(N2CCCC2=O)cc1)NCCc1ncc(C)s1. The van der Waals surface area contributed by atoms with Crippen molar-refractivity contribution in [2.24, 2.45) is 4.99 Å². The number of carbonyl (C=O) groups is 1. The predicted octanol–water partition coefficient (Wildman–Crippen LogP) is 2.88. The summed E-state index contributed by atoms with van der Waals surface area (Å²) in [6.07, 6.45) is 4.41. The Kier molecular flexibility index (Phi) is 6.81. The fourth-order valence-corrected chi connectivity index (χ4v) is 3.81. The van der Waals surface area contributed by atoms with Gasteiger partial charge in [-0.25, -0.2) is 9.98 Å². The third-order valence-electron chi connectivity index (χ3n) is 4.39. The lowest BCUT2D eigenvalue weighted by atomic mass is 10.2. The Morgan fingerprint density at radius 3 is 2.74 bits per heavy atom. The van der Waals surface area contributed by atoms with Gasteiger partial charge in [-0.2, -0.15) is 0 Å². The Morgan fingerprint density at radius 1 is 1.30 bits per heavy atom. The van der Waals surface area contributed by atoms with Crippen molar-refractivity contribution in [3.05, 3.63) is 45.9 Å². The average Bonchev–Trinajstić information content (AvgIpc) is 3.28. The molecule has 1 aromatic carbocycles. The van der Waals surface area contributed by atoms with E-state index in [4.69, 9.17) is 0 Å². The molecule has 144 valence electrons. The summed E-state index contributed by atoms with van der Waals surface area (Å²) < 4.78 is 0. The number of rotatable bonds is 7. The highest BCUT2D eigenvalue weighted by molar-refractivity contribution is 7.11. The first-order valence-corrected chi connectivity index (χ1v) is 10.3. The zero-order chi connectivity index (χ0) is 19.1. The first-order valence-electron chi connectivity index (χ1n) is 9.48. The Bertz CT molecular complexity index is 784. The maximum absolute atomic E-state index is 11.8. The summed E-state index contributed by atoms with van der Waals surface area (Å²) in [5.41, 5.74) is 2.10. The fraction of sp³-hybridized carbons (Fsp3) is 0.450. The topological polar surface area (TPSA) is 69.6 Å². The highest BCUT2D eigenvalue weighted by Gasteiger charge is 2.21. The molecule has 1 aliphatic rings. The van der Waals surface area contributed by atoms with Crippen LogP contribution in [0.1, 0.15) is 35.2 Å². The molecule has 2 aromatic rings. The van der Waals surface area contributed by atoms with Gasteiger partial charge in [-0.3, -0.25) is 4.79 Å². The molecule has 0 saturated carbocycles. The second kappa shape index (κ2) is 9.50. The zero-order valence-electron chi connectivity index (χ0n) is 16.0. The number of nitrogens with zero attached hydrogens (tertiary/aromatic N) is 3. The van der Waals surface area contributed by atoms with E-state index in [1.807, 2.05) is 35.4 Å². The molecule has 1 amide bonds. The van der Waals surface area contributed by atoms with E-state index in [1.54, 1.807) is 11.3 Å². The number of aryl methyl sites for hydroxylation is 1. The Labute approximate surface area is 164 Å². The number of hydrogen-bond donors (Lipinski definition) is 2. The largest absolute Gasteiger partial charge is 0.357 e. The molecule has 0 radical (unpaired) electrons. The molecule has 6 nitrogen and oxygen atoms in total. The van der Waals surface area contributed by atoms with E-state index in [-0.39, 0.29) is 5.91 Å². The Balaban J connectivity index is 1.53. The number of aromatic nitrogens is 1. The zero-order valence-corrected chi connectivity index (χ0v) is 16.8. The van der Waals surface area contributed by atoms with Crippen molar-refractivity contribution in [1.82, 2.24) is 15.6 Å². The summed E-state index contributed by atoms with van der Waals surface area (Å²) in [5.74, 6) is 1.03. The number of benzene rings is 1.